The van der Waals surface area contributed by atoms with E-state index in [9.17, 15) is 14.7 Å². The molecule has 186 valence electrons. The van der Waals surface area contributed by atoms with Gasteiger partial charge >= 0.3 is 5.97 Å². The van der Waals surface area contributed by atoms with E-state index in [1.54, 1.807) is 6.07 Å². The Balaban J connectivity index is 1.46. The topological polar surface area (TPSA) is 76.7 Å². The van der Waals surface area contributed by atoms with Gasteiger partial charge in [0.2, 0.25) is 0 Å². The maximum Gasteiger partial charge on any atom is 0.345 e. The summed E-state index contributed by atoms with van der Waals surface area (Å²) >= 11 is 0. The molecule has 1 atom stereocenters. The molecule has 1 aromatic heterocycles. The standard InChI is InChI=1S/C32H28O5/c1-2-3-12-27(33)30-26-11-7-8-13-28(26)37-31(30)24-15-14-23-20-25(17-16-22(23)19-24)36-29(32(34)35)18-21-9-5-4-6-10-21/h4-11,13-17,19-20,29H,2-3,12,18H2,1H3,(H,34,35). The third-order valence-corrected chi connectivity index (χ3v) is 6.52. The van der Waals surface area contributed by atoms with Crippen molar-refractivity contribution in [3.8, 4) is 17.1 Å². The quantitative estimate of drug-likeness (QED) is 0.202. The summed E-state index contributed by atoms with van der Waals surface area (Å²) in [6.07, 6.45) is 1.54. The second kappa shape index (κ2) is 10.7. The van der Waals surface area contributed by atoms with Crippen molar-refractivity contribution in [1.29, 1.82) is 0 Å². The first-order valence-corrected chi connectivity index (χ1v) is 12.6. The lowest BCUT2D eigenvalue weighted by molar-refractivity contribution is -0.145. The highest BCUT2D eigenvalue weighted by Crippen LogP contribution is 2.36. The fraction of sp³-hybridized carbons (Fsp3) is 0.188. The van der Waals surface area contributed by atoms with E-state index in [4.69, 9.17) is 9.15 Å². The van der Waals surface area contributed by atoms with Gasteiger partial charge in [0.15, 0.2) is 11.9 Å². The molecule has 5 nitrogen and oxygen atoms in total. The molecule has 0 amide bonds. The number of carboxylic acids is 1. The van der Waals surface area contributed by atoms with E-state index >= 15 is 0 Å². The summed E-state index contributed by atoms with van der Waals surface area (Å²) in [6, 6.07) is 28.5. The van der Waals surface area contributed by atoms with Crippen LogP contribution < -0.4 is 4.74 Å². The van der Waals surface area contributed by atoms with Crippen LogP contribution in [-0.4, -0.2) is 23.0 Å². The van der Waals surface area contributed by atoms with Crippen molar-refractivity contribution in [2.45, 2.75) is 38.7 Å². The maximum atomic E-state index is 13.1. The number of para-hydroxylation sites is 1. The number of Topliss-reactive ketones (excluding diaryl/α,β-unsaturated/α-hetero) is 1. The second-order valence-electron chi connectivity index (χ2n) is 9.19. The number of ketones is 1. The van der Waals surface area contributed by atoms with Gasteiger partial charge < -0.3 is 14.3 Å². The SMILES string of the molecule is CCCCC(=O)c1c(-c2ccc3cc(OC(Cc4ccccc4)C(=O)O)ccc3c2)oc2ccccc12. The minimum Gasteiger partial charge on any atom is -0.478 e. The van der Waals surface area contributed by atoms with Gasteiger partial charge in [-0.15, -0.1) is 0 Å². The van der Waals surface area contributed by atoms with Gasteiger partial charge in [-0.1, -0.05) is 80.1 Å². The number of hydrogen-bond acceptors (Lipinski definition) is 4. The zero-order chi connectivity index (χ0) is 25.8. The number of hydrogen-bond donors (Lipinski definition) is 1. The summed E-state index contributed by atoms with van der Waals surface area (Å²) in [5.41, 5.74) is 3.05. The molecule has 0 radical (unpaired) electrons. The van der Waals surface area contributed by atoms with Gasteiger partial charge in [-0.2, -0.15) is 0 Å². The molecule has 1 N–H and O–H groups in total. The van der Waals surface area contributed by atoms with E-state index in [1.807, 2.05) is 84.9 Å². The van der Waals surface area contributed by atoms with Gasteiger partial charge in [0.05, 0.1) is 5.56 Å². The average Bonchev–Trinajstić information content (AvgIpc) is 3.31. The number of carbonyl (C=O) groups is 2. The first kappa shape index (κ1) is 24.3. The zero-order valence-electron chi connectivity index (χ0n) is 20.6. The van der Waals surface area contributed by atoms with E-state index in [-0.39, 0.29) is 12.2 Å². The summed E-state index contributed by atoms with van der Waals surface area (Å²) in [5, 5.41) is 12.4. The normalized spacial score (nSPS) is 12.0. The number of rotatable bonds is 10. The molecule has 0 saturated carbocycles. The highest BCUT2D eigenvalue weighted by atomic mass is 16.5. The Bertz CT molecular complexity index is 1560. The molecule has 1 heterocycles. The van der Waals surface area contributed by atoms with Crippen molar-refractivity contribution in [2.24, 2.45) is 0 Å². The van der Waals surface area contributed by atoms with E-state index in [2.05, 4.69) is 6.92 Å². The fourth-order valence-corrected chi connectivity index (χ4v) is 4.60. The van der Waals surface area contributed by atoms with Crippen molar-refractivity contribution in [3.63, 3.8) is 0 Å². The van der Waals surface area contributed by atoms with Crippen LogP contribution in [0, 0.1) is 0 Å². The molecule has 4 aromatic carbocycles. The van der Waals surface area contributed by atoms with Crippen LogP contribution in [0.1, 0.15) is 42.1 Å². The monoisotopic (exact) mass is 492 g/mol. The fourth-order valence-electron chi connectivity index (χ4n) is 4.60. The predicted molar refractivity (Wildman–Crippen MR) is 145 cm³/mol. The lowest BCUT2D eigenvalue weighted by atomic mass is 9.97. The van der Waals surface area contributed by atoms with E-state index in [1.165, 1.54) is 0 Å². The molecule has 5 rings (SSSR count). The summed E-state index contributed by atoms with van der Waals surface area (Å²) in [6.45, 7) is 2.07. The molecule has 0 aliphatic rings. The van der Waals surface area contributed by atoms with E-state index < -0.39 is 12.1 Å². The molecule has 0 aliphatic carbocycles. The Kier molecular flexibility index (Phi) is 7.04. The molecule has 0 spiro atoms. The van der Waals surface area contributed by atoms with Gasteiger partial charge in [0.25, 0.3) is 0 Å². The van der Waals surface area contributed by atoms with Gasteiger partial charge in [0, 0.05) is 23.8 Å². The zero-order valence-corrected chi connectivity index (χ0v) is 20.6. The number of carboxylic acid groups (broad SMARTS) is 1. The minimum atomic E-state index is -1.01. The Hall–Kier alpha value is -4.38. The van der Waals surface area contributed by atoms with Gasteiger partial charge in [-0.25, -0.2) is 4.79 Å². The van der Waals surface area contributed by atoms with Crippen LogP contribution in [0.2, 0.25) is 0 Å². The average molecular weight is 493 g/mol. The van der Waals surface area contributed by atoms with Gasteiger partial charge in [-0.3, -0.25) is 4.79 Å². The Morgan fingerprint density at radius 2 is 1.62 bits per heavy atom. The smallest absolute Gasteiger partial charge is 0.345 e. The largest absolute Gasteiger partial charge is 0.478 e. The van der Waals surface area contributed by atoms with E-state index in [0.29, 0.717) is 29.1 Å². The van der Waals surface area contributed by atoms with Crippen LogP contribution in [0.3, 0.4) is 0 Å². The van der Waals surface area contributed by atoms with Gasteiger partial charge in [-0.05, 0) is 47.0 Å². The van der Waals surface area contributed by atoms with Crippen LogP contribution in [0.25, 0.3) is 33.1 Å². The summed E-state index contributed by atoms with van der Waals surface area (Å²) in [5.74, 6) is 0.148. The lowest BCUT2D eigenvalue weighted by Crippen LogP contribution is -2.29. The van der Waals surface area contributed by atoms with Gasteiger partial charge in [0.1, 0.15) is 17.1 Å². The Morgan fingerprint density at radius 3 is 2.41 bits per heavy atom. The molecule has 1 unspecified atom stereocenters. The number of benzene rings is 4. The molecule has 5 aromatic rings. The van der Waals surface area contributed by atoms with Crippen molar-refractivity contribution >= 4 is 33.5 Å². The van der Waals surface area contributed by atoms with Crippen LogP contribution in [-0.2, 0) is 11.2 Å². The third-order valence-electron chi connectivity index (χ3n) is 6.52. The lowest BCUT2D eigenvalue weighted by Gasteiger charge is -2.16. The maximum absolute atomic E-state index is 13.1. The van der Waals surface area contributed by atoms with Crippen LogP contribution in [0.5, 0.6) is 5.75 Å². The second-order valence-corrected chi connectivity index (χ2v) is 9.19. The summed E-state index contributed by atoms with van der Waals surface area (Å²) < 4.78 is 12.1. The molecule has 0 fully saturated rings. The first-order valence-electron chi connectivity index (χ1n) is 12.6. The number of fused-ring (bicyclic) bond motifs is 2. The predicted octanol–water partition coefficient (Wildman–Crippen LogP) is 7.70. The van der Waals surface area contributed by atoms with E-state index in [0.717, 1.165) is 40.1 Å². The Morgan fingerprint density at radius 1 is 0.892 bits per heavy atom. The molecule has 0 bridgehead atoms. The Labute approximate surface area is 215 Å². The molecule has 37 heavy (non-hydrogen) atoms. The number of ether oxygens (including phenoxy) is 1. The minimum absolute atomic E-state index is 0.0868. The highest BCUT2D eigenvalue weighted by molar-refractivity contribution is 6.12. The molecule has 0 aliphatic heterocycles. The number of aliphatic carboxylic acids is 1. The van der Waals surface area contributed by atoms with Crippen LogP contribution >= 0.6 is 0 Å². The van der Waals surface area contributed by atoms with Crippen LogP contribution in [0.4, 0.5) is 0 Å². The van der Waals surface area contributed by atoms with Crippen molar-refractivity contribution < 1.29 is 23.8 Å². The van der Waals surface area contributed by atoms with Crippen molar-refractivity contribution in [3.05, 3.63) is 102 Å². The summed E-state index contributed by atoms with van der Waals surface area (Å²) in [7, 11) is 0. The number of unbranched alkanes of at least 4 members (excludes halogenated alkanes) is 1. The van der Waals surface area contributed by atoms with Crippen molar-refractivity contribution in [1.82, 2.24) is 0 Å². The van der Waals surface area contributed by atoms with Crippen molar-refractivity contribution in [2.75, 3.05) is 0 Å². The molecular formula is C32H28O5. The molecule has 5 heteroatoms. The third kappa shape index (κ3) is 5.26. The summed E-state index contributed by atoms with van der Waals surface area (Å²) in [4.78, 5) is 25.0. The molecular weight excluding hydrogens is 464 g/mol. The molecule has 0 saturated heterocycles. The van der Waals surface area contributed by atoms with Crippen LogP contribution in [0.15, 0.2) is 95.4 Å². The highest BCUT2D eigenvalue weighted by Gasteiger charge is 2.22. The number of furan rings is 1. The first-order chi connectivity index (χ1) is 18.0. The number of carbonyl (C=O) groups excluding carboxylic acids is 1.